The maximum atomic E-state index is 12.6. The third kappa shape index (κ3) is 3.54. The molecule has 7 heteroatoms. The summed E-state index contributed by atoms with van der Waals surface area (Å²) in [4.78, 5) is 26.6. The van der Waals surface area contributed by atoms with Crippen LogP contribution in [0.4, 0.5) is 17.2 Å². The molecule has 1 atom stereocenters. The van der Waals surface area contributed by atoms with Crippen LogP contribution in [0, 0.1) is 0 Å². The Morgan fingerprint density at radius 2 is 1.79 bits per heavy atom. The number of nitrogens with one attached hydrogen (secondary N) is 1. The summed E-state index contributed by atoms with van der Waals surface area (Å²) in [5, 5.41) is 11.1. The first-order valence-electron chi connectivity index (χ1n) is 9.28. The van der Waals surface area contributed by atoms with Crippen molar-refractivity contribution >= 4 is 29.1 Å². The number of esters is 1. The Bertz CT molecular complexity index is 1070. The van der Waals surface area contributed by atoms with Crippen molar-refractivity contribution < 1.29 is 14.3 Å². The number of ether oxygens (including phenoxy) is 1. The first kappa shape index (κ1) is 18.6. The van der Waals surface area contributed by atoms with E-state index in [0.717, 1.165) is 12.1 Å². The molecule has 1 unspecified atom stereocenters. The SMILES string of the molecule is COC(=O)c1ccccc1NC(=O)c1ccc(N2c3ccccc3CC2C)nn1. The number of anilines is 3. The molecule has 1 N–H and O–H groups in total. The van der Waals surface area contributed by atoms with Crippen LogP contribution in [0.2, 0.25) is 0 Å². The Hall–Kier alpha value is -3.74. The minimum atomic E-state index is -0.524. The molecule has 2 heterocycles. The van der Waals surface area contributed by atoms with Gasteiger partial charge in [-0.05, 0) is 49.2 Å². The monoisotopic (exact) mass is 388 g/mol. The molecule has 0 aliphatic carbocycles. The number of amides is 1. The summed E-state index contributed by atoms with van der Waals surface area (Å²) in [7, 11) is 1.29. The fourth-order valence-electron chi connectivity index (χ4n) is 3.56. The molecule has 1 aliphatic rings. The first-order valence-corrected chi connectivity index (χ1v) is 9.28. The molecule has 2 aromatic carbocycles. The molecule has 146 valence electrons. The second kappa shape index (κ2) is 7.71. The number of para-hydroxylation sites is 2. The summed E-state index contributed by atoms with van der Waals surface area (Å²) in [5.41, 5.74) is 3.17. The van der Waals surface area contributed by atoms with Gasteiger partial charge in [-0.1, -0.05) is 30.3 Å². The molecule has 0 bridgehead atoms. The van der Waals surface area contributed by atoms with Gasteiger partial charge in [0.15, 0.2) is 11.5 Å². The fraction of sp³-hybridized carbons (Fsp3) is 0.182. The number of hydrogen-bond donors (Lipinski definition) is 1. The van der Waals surface area contributed by atoms with Gasteiger partial charge in [0.1, 0.15) is 0 Å². The van der Waals surface area contributed by atoms with Crippen LogP contribution >= 0.6 is 0 Å². The van der Waals surface area contributed by atoms with Crippen molar-refractivity contribution in [3.05, 3.63) is 77.5 Å². The van der Waals surface area contributed by atoms with Gasteiger partial charge >= 0.3 is 5.97 Å². The quantitative estimate of drug-likeness (QED) is 0.688. The van der Waals surface area contributed by atoms with Crippen molar-refractivity contribution in [2.24, 2.45) is 0 Å². The molecule has 3 aromatic rings. The standard InChI is InChI=1S/C22H20N4O3/c1-14-13-15-7-3-6-10-19(15)26(14)20-12-11-18(24-25-20)21(27)23-17-9-5-4-8-16(17)22(28)29-2/h3-12,14H,13H2,1-2H3,(H,23,27). The molecule has 0 saturated carbocycles. The molecule has 0 radical (unpaired) electrons. The third-order valence-corrected chi connectivity index (χ3v) is 4.92. The maximum absolute atomic E-state index is 12.6. The molecule has 1 aliphatic heterocycles. The molecule has 4 rings (SSSR count). The van der Waals surface area contributed by atoms with Gasteiger partial charge in [0.25, 0.3) is 5.91 Å². The minimum Gasteiger partial charge on any atom is -0.465 e. The zero-order valence-corrected chi connectivity index (χ0v) is 16.1. The molecular formula is C22H20N4O3. The zero-order chi connectivity index (χ0) is 20.4. The fourth-order valence-corrected chi connectivity index (χ4v) is 3.56. The average Bonchev–Trinajstić information content (AvgIpc) is 3.09. The number of rotatable bonds is 4. The molecule has 29 heavy (non-hydrogen) atoms. The molecular weight excluding hydrogens is 368 g/mol. The normalized spacial score (nSPS) is 15.0. The van der Waals surface area contributed by atoms with Crippen LogP contribution in [-0.2, 0) is 11.2 Å². The van der Waals surface area contributed by atoms with Gasteiger partial charge in [0.2, 0.25) is 0 Å². The van der Waals surface area contributed by atoms with E-state index in [1.54, 1.807) is 36.4 Å². The van der Waals surface area contributed by atoms with Gasteiger partial charge in [-0.25, -0.2) is 4.79 Å². The highest BCUT2D eigenvalue weighted by atomic mass is 16.5. The van der Waals surface area contributed by atoms with E-state index in [2.05, 4.69) is 39.5 Å². The highest BCUT2D eigenvalue weighted by molar-refractivity contribution is 6.07. The van der Waals surface area contributed by atoms with Crippen molar-refractivity contribution in [2.45, 2.75) is 19.4 Å². The highest BCUT2D eigenvalue weighted by Crippen LogP contribution is 2.36. The Labute approximate surface area is 168 Å². The van der Waals surface area contributed by atoms with Crippen LogP contribution < -0.4 is 10.2 Å². The number of aromatic nitrogens is 2. The lowest BCUT2D eigenvalue weighted by molar-refractivity contribution is 0.0602. The van der Waals surface area contributed by atoms with Crippen LogP contribution in [0.1, 0.15) is 33.3 Å². The number of hydrogen-bond acceptors (Lipinski definition) is 6. The lowest BCUT2D eigenvalue weighted by atomic mass is 10.1. The van der Waals surface area contributed by atoms with Gasteiger partial charge in [-0.2, -0.15) is 0 Å². The van der Waals surface area contributed by atoms with Gasteiger partial charge in [0.05, 0.1) is 18.4 Å². The van der Waals surface area contributed by atoms with E-state index in [0.29, 0.717) is 11.5 Å². The molecule has 1 aromatic heterocycles. The Morgan fingerprint density at radius 1 is 1.03 bits per heavy atom. The van der Waals surface area contributed by atoms with E-state index in [1.807, 2.05) is 12.1 Å². The molecule has 7 nitrogen and oxygen atoms in total. The molecule has 1 amide bonds. The van der Waals surface area contributed by atoms with E-state index >= 15 is 0 Å². The summed E-state index contributed by atoms with van der Waals surface area (Å²) < 4.78 is 4.75. The largest absolute Gasteiger partial charge is 0.465 e. The van der Waals surface area contributed by atoms with Crippen LogP contribution in [0.15, 0.2) is 60.7 Å². The summed E-state index contributed by atoms with van der Waals surface area (Å²) in [5.74, 6) is -0.284. The molecule has 0 saturated heterocycles. The van der Waals surface area contributed by atoms with Gasteiger partial charge in [-0.15, -0.1) is 10.2 Å². The second-order valence-electron chi connectivity index (χ2n) is 6.82. The van der Waals surface area contributed by atoms with Crippen molar-refractivity contribution in [1.82, 2.24) is 10.2 Å². The van der Waals surface area contributed by atoms with Crippen molar-refractivity contribution in [2.75, 3.05) is 17.3 Å². The van der Waals surface area contributed by atoms with Crippen LogP contribution in [0.5, 0.6) is 0 Å². The van der Waals surface area contributed by atoms with E-state index < -0.39 is 11.9 Å². The Balaban J connectivity index is 1.55. The number of methoxy groups -OCH3 is 1. The highest BCUT2D eigenvalue weighted by Gasteiger charge is 2.28. The summed E-state index contributed by atoms with van der Waals surface area (Å²) in [6.45, 7) is 2.13. The average molecular weight is 388 g/mol. The number of fused-ring (bicyclic) bond motifs is 1. The summed E-state index contributed by atoms with van der Waals surface area (Å²) in [6.07, 6.45) is 0.935. The maximum Gasteiger partial charge on any atom is 0.339 e. The van der Waals surface area contributed by atoms with E-state index in [9.17, 15) is 9.59 Å². The minimum absolute atomic E-state index is 0.161. The third-order valence-electron chi connectivity index (χ3n) is 4.92. The second-order valence-corrected chi connectivity index (χ2v) is 6.82. The van der Waals surface area contributed by atoms with Crippen molar-refractivity contribution in [3.63, 3.8) is 0 Å². The van der Waals surface area contributed by atoms with Crippen LogP contribution in [0.3, 0.4) is 0 Å². The topological polar surface area (TPSA) is 84.4 Å². The molecule has 0 spiro atoms. The molecule has 0 fully saturated rings. The lowest BCUT2D eigenvalue weighted by Gasteiger charge is -2.23. The van der Waals surface area contributed by atoms with Crippen LogP contribution in [-0.4, -0.2) is 35.2 Å². The number of benzene rings is 2. The van der Waals surface area contributed by atoms with Gasteiger partial charge < -0.3 is 15.0 Å². The predicted octanol–water partition coefficient (Wildman–Crippen LogP) is 3.60. The van der Waals surface area contributed by atoms with E-state index in [-0.39, 0.29) is 17.3 Å². The smallest absolute Gasteiger partial charge is 0.339 e. The predicted molar refractivity (Wildman–Crippen MR) is 110 cm³/mol. The van der Waals surface area contributed by atoms with E-state index in [4.69, 9.17) is 4.74 Å². The Morgan fingerprint density at radius 3 is 2.55 bits per heavy atom. The number of carbonyl (C=O) groups is 2. The summed E-state index contributed by atoms with van der Waals surface area (Å²) in [6, 6.07) is 18.5. The van der Waals surface area contributed by atoms with Gasteiger partial charge in [0, 0.05) is 11.7 Å². The van der Waals surface area contributed by atoms with Crippen LogP contribution in [0.25, 0.3) is 0 Å². The Kier molecular flexibility index (Phi) is 4.95. The summed E-state index contributed by atoms with van der Waals surface area (Å²) >= 11 is 0. The van der Waals surface area contributed by atoms with Crippen molar-refractivity contribution in [1.29, 1.82) is 0 Å². The van der Waals surface area contributed by atoms with Crippen molar-refractivity contribution in [3.8, 4) is 0 Å². The zero-order valence-electron chi connectivity index (χ0n) is 16.1. The first-order chi connectivity index (χ1) is 14.1. The number of carbonyl (C=O) groups excluding carboxylic acids is 2. The lowest BCUT2D eigenvalue weighted by Crippen LogP contribution is -2.25. The van der Waals surface area contributed by atoms with Gasteiger partial charge in [-0.3, -0.25) is 4.79 Å². The number of nitrogens with zero attached hydrogens (tertiary/aromatic N) is 3. The van der Waals surface area contributed by atoms with E-state index in [1.165, 1.54) is 12.7 Å².